The molecule has 3 aliphatic heterocycles. The maximum atomic E-state index is 13.0. The quantitative estimate of drug-likeness (QED) is 0.531. The van der Waals surface area contributed by atoms with Crippen molar-refractivity contribution in [2.24, 2.45) is 0 Å². The highest BCUT2D eigenvalue weighted by Gasteiger charge is 2.28. The van der Waals surface area contributed by atoms with Crippen molar-refractivity contribution < 1.29 is 19.1 Å². The number of likely N-dealkylation sites (tertiary alicyclic amines) is 2. The third-order valence-corrected chi connectivity index (χ3v) is 7.74. The van der Waals surface area contributed by atoms with Gasteiger partial charge in [0.15, 0.2) is 6.61 Å². The molecule has 5 rings (SSSR count). The Morgan fingerprint density at radius 2 is 1.70 bits per heavy atom. The van der Waals surface area contributed by atoms with Crippen LogP contribution in [0.1, 0.15) is 53.9 Å². The molecule has 0 saturated carbocycles. The van der Waals surface area contributed by atoms with Gasteiger partial charge in [-0.2, -0.15) is 0 Å². The van der Waals surface area contributed by atoms with Gasteiger partial charge < -0.3 is 24.8 Å². The van der Waals surface area contributed by atoms with Gasteiger partial charge in [0, 0.05) is 44.7 Å². The predicted octanol–water partition coefficient (Wildman–Crippen LogP) is 3.03. The molecular formula is C29H36N4O4. The van der Waals surface area contributed by atoms with Gasteiger partial charge in [0.25, 0.3) is 11.8 Å². The molecule has 0 spiro atoms. The third kappa shape index (κ3) is 5.96. The number of fused-ring (bicyclic) bond motifs is 1. The first-order valence-electron chi connectivity index (χ1n) is 13.5. The van der Waals surface area contributed by atoms with Gasteiger partial charge in [0.1, 0.15) is 5.75 Å². The van der Waals surface area contributed by atoms with E-state index in [0.29, 0.717) is 32.0 Å². The number of piperidine rings is 1. The lowest BCUT2D eigenvalue weighted by Crippen LogP contribution is -2.45. The van der Waals surface area contributed by atoms with Gasteiger partial charge in [0.05, 0.1) is 5.69 Å². The molecule has 196 valence electrons. The highest BCUT2D eigenvalue weighted by Crippen LogP contribution is 2.33. The number of carbonyl (C=O) groups excluding carboxylic acids is 3. The molecule has 3 amide bonds. The number of carbonyl (C=O) groups is 3. The molecule has 0 aliphatic carbocycles. The van der Waals surface area contributed by atoms with Gasteiger partial charge >= 0.3 is 0 Å². The highest BCUT2D eigenvalue weighted by atomic mass is 16.5. The summed E-state index contributed by atoms with van der Waals surface area (Å²) in [6, 6.07) is 15.6. The van der Waals surface area contributed by atoms with Crippen molar-refractivity contribution in [3.63, 3.8) is 0 Å². The molecule has 1 N–H and O–H groups in total. The van der Waals surface area contributed by atoms with Gasteiger partial charge in [-0.25, -0.2) is 0 Å². The Labute approximate surface area is 218 Å². The standard InChI is InChI=1S/C29H36N4O4/c34-27-11-5-15-32(27)16-6-14-30-29(36)24-8-2-1-7-23(24)22-12-17-31(18-13-22)19-20-33-25-9-3-4-10-26(25)37-21-28(33)35/h1-4,7-10,22H,5-6,11-21H2,(H,30,36). The average molecular weight is 505 g/mol. The first-order chi connectivity index (χ1) is 18.1. The van der Waals surface area contributed by atoms with Crippen LogP contribution in [0.2, 0.25) is 0 Å². The number of ether oxygens (including phenoxy) is 1. The summed E-state index contributed by atoms with van der Waals surface area (Å²) < 4.78 is 5.56. The first kappa shape index (κ1) is 25.3. The molecule has 3 heterocycles. The van der Waals surface area contributed by atoms with Gasteiger partial charge in [-0.05, 0) is 68.5 Å². The van der Waals surface area contributed by atoms with Crippen molar-refractivity contribution in [1.82, 2.24) is 15.1 Å². The van der Waals surface area contributed by atoms with Crippen molar-refractivity contribution in [3.8, 4) is 5.75 Å². The topological polar surface area (TPSA) is 82.2 Å². The monoisotopic (exact) mass is 504 g/mol. The van der Waals surface area contributed by atoms with Crippen molar-refractivity contribution in [3.05, 3.63) is 59.7 Å². The summed E-state index contributed by atoms with van der Waals surface area (Å²) in [5, 5.41) is 3.06. The zero-order valence-corrected chi connectivity index (χ0v) is 21.4. The molecule has 0 unspecified atom stereocenters. The number of hydrogen-bond donors (Lipinski definition) is 1. The molecule has 0 radical (unpaired) electrons. The van der Waals surface area contributed by atoms with E-state index in [1.54, 1.807) is 0 Å². The number of hydrogen-bond acceptors (Lipinski definition) is 5. The van der Waals surface area contributed by atoms with Crippen LogP contribution in [0.25, 0.3) is 0 Å². The molecule has 3 aliphatic rings. The maximum absolute atomic E-state index is 13.0. The average Bonchev–Trinajstić information content (AvgIpc) is 3.35. The summed E-state index contributed by atoms with van der Waals surface area (Å²) in [5.41, 5.74) is 2.72. The fraction of sp³-hybridized carbons (Fsp3) is 0.483. The van der Waals surface area contributed by atoms with Gasteiger partial charge in [-0.3, -0.25) is 14.4 Å². The van der Waals surface area contributed by atoms with E-state index in [2.05, 4.69) is 16.3 Å². The largest absolute Gasteiger partial charge is 0.482 e. The number of rotatable bonds is 9. The van der Waals surface area contributed by atoms with Crippen LogP contribution in [0.5, 0.6) is 5.75 Å². The minimum Gasteiger partial charge on any atom is -0.482 e. The van der Waals surface area contributed by atoms with Crippen LogP contribution >= 0.6 is 0 Å². The SMILES string of the molecule is O=C(NCCCN1CCCC1=O)c1ccccc1C1CCN(CCN2C(=O)COc3ccccc32)CC1. The molecule has 0 aromatic heterocycles. The van der Waals surface area contributed by atoms with Crippen molar-refractivity contribution in [2.45, 2.75) is 38.0 Å². The number of anilines is 1. The van der Waals surface area contributed by atoms with E-state index < -0.39 is 0 Å². The Hall–Kier alpha value is -3.39. The Bertz CT molecular complexity index is 1130. The second-order valence-corrected chi connectivity index (χ2v) is 10.1. The molecule has 2 saturated heterocycles. The lowest BCUT2D eigenvalue weighted by Gasteiger charge is -2.35. The van der Waals surface area contributed by atoms with Crippen LogP contribution in [-0.4, -0.2) is 79.9 Å². The Morgan fingerprint density at radius 1 is 0.919 bits per heavy atom. The van der Waals surface area contributed by atoms with Gasteiger partial charge in [-0.15, -0.1) is 0 Å². The Kier molecular flexibility index (Phi) is 8.04. The van der Waals surface area contributed by atoms with Crippen LogP contribution in [0.4, 0.5) is 5.69 Å². The summed E-state index contributed by atoms with van der Waals surface area (Å²) in [7, 11) is 0. The predicted molar refractivity (Wildman–Crippen MR) is 142 cm³/mol. The van der Waals surface area contributed by atoms with Crippen LogP contribution < -0.4 is 15.0 Å². The zero-order valence-electron chi connectivity index (χ0n) is 21.4. The molecule has 2 fully saturated rings. The first-order valence-corrected chi connectivity index (χ1v) is 13.5. The van der Waals surface area contributed by atoms with E-state index in [-0.39, 0.29) is 24.3 Å². The smallest absolute Gasteiger partial charge is 0.265 e. The second-order valence-electron chi connectivity index (χ2n) is 10.1. The second kappa shape index (κ2) is 11.8. The highest BCUT2D eigenvalue weighted by molar-refractivity contribution is 5.98. The number of amides is 3. The number of nitrogens with one attached hydrogen (secondary N) is 1. The van der Waals surface area contributed by atoms with Gasteiger partial charge in [0.2, 0.25) is 5.91 Å². The van der Waals surface area contributed by atoms with E-state index in [1.165, 1.54) is 0 Å². The van der Waals surface area contributed by atoms with E-state index in [0.717, 1.165) is 74.4 Å². The Balaban J connectivity index is 1.11. The molecule has 8 heteroatoms. The molecule has 8 nitrogen and oxygen atoms in total. The summed E-state index contributed by atoms with van der Waals surface area (Å²) in [4.78, 5) is 43.4. The molecular weight excluding hydrogens is 468 g/mol. The zero-order chi connectivity index (χ0) is 25.6. The maximum Gasteiger partial charge on any atom is 0.265 e. The van der Waals surface area contributed by atoms with Crippen molar-refractivity contribution >= 4 is 23.4 Å². The molecule has 37 heavy (non-hydrogen) atoms. The Morgan fingerprint density at radius 3 is 2.51 bits per heavy atom. The van der Waals surface area contributed by atoms with E-state index >= 15 is 0 Å². The summed E-state index contributed by atoms with van der Waals surface area (Å²) in [5.74, 6) is 1.30. The molecule has 0 bridgehead atoms. The van der Waals surface area contributed by atoms with Gasteiger partial charge in [-0.1, -0.05) is 30.3 Å². The van der Waals surface area contributed by atoms with Crippen LogP contribution in [0, 0.1) is 0 Å². The normalized spacial score (nSPS) is 18.6. The minimum atomic E-state index is -0.0322. The lowest BCUT2D eigenvalue weighted by atomic mass is 9.86. The van der Waals surface area contributed by atoms with E-state index in [9.17, 15) is 14.4 Å². The van der Waals surface area contributed by atoms with Crippen molar-refractivity contribution in [1.29, 1.82) is 0 Å². The van der Waals surface area contributed by atoms with Crippen LogP contribution in [-0.2, 0) is 9.59 Å². The third-order valence-electron chi connectivity index (χ3n) is 7.74. The number of para-hydroxylation sites is 2. The number of nitrogens with zero attached hydrogens (tertiary/aromatic N) is 3. The lowest BCUT2D eigenvalue weighted by molar-refractivity contribution is -0.127. The molecule has 2 aromatic rings. The minimum absolute atomic E-state index is 0.000514. The van der Waals surface area contributed by atoms with Crippen molar-refractivity contribution in [2.75, 3.05) is 57.3 Å². The number of benzene rings is 2. The molecule has 2 aromatic carbocycles. The fourth-order valence-corrected chi connectivity index (χ4v) is 5.68. The van der Waals surface area contributed by atoms with E-state index in [4.69, 9.17) is 4.74 Å². The summed E-state index contributed by atoms with van der Waals surface area (Å²) >= 11 is 0. The summed E-state index contributed by atoms with van der Waals surface area (Å²) in [6.07, 6.45) is 4.33. The fourth-order valence-electron chi connectivity index (χ4n) is 5.68. The molecule has 0 atom stereocenters. The van der Waals surface area contributed by atoms with Crippen LogP contribution in [0.3, 0.4) is 0 Å². The van der Waals surface area contributed by atoms with Crippen LogP contribution in [0.15, 0.2) is 48.5 Å². The van der Waals surface area contributed by atoms with E-state index in [1.807, 2.05) is 52.3 Å². The summed E-state index contributed by atoms with van der Waals surface area (Å²) in [6.45, 7) is 5.54.